The van der Waals surface area contributed by atoms with E-state index in [1.54, 1.807) is 18.3 Å². The molecule has 0 unspecified atom stereocenters. The summed E-state index contributed by atoms with van der Waals surface area (Å²) in [6.45, 7) is 0. The van der Waals surface area contributed by atoms with Crippen LogP contribution in [0.2, 0.25) is 0 Å². The smallest absolute Gasteiger partial charge is 0.251 e. The molecule has 0 aromatic carbocycles. The molecule has 0 aliphatic carbocycles. The molecule has 2 heterocycles. The zero-order chi connectivity index (χ0) is 12.4. The van der Waals surface area contributed by atoms with Crippen LogP contribution in [-0.2, 0) is 0 Å². The Morgan fingerprint density at radius 3 is 2.53 bits per heavy atom. The highest BCUT2D eigenvalue weighted by Gasteiger charge is 2.06. The number of thiocarbonyl (C=S) groups is 1. The van der Waals surface area contributed by atoms with E-state index in [2.05, 4.69) is 10.1 Å². The first kappa shape index (κ1) is 11.2. The zero-order valence-corrected chi connectivity index (χ0v) is 9.52. The van der Waals surface area contributed by atoms with Gasteiger partial charge in [-0.25, -0.2) is 4.68 Å². The Morgan fingerprint density at radius 1 is 1.29 bits per heavy atom. The quantitative estimate of drug-likeness (QED) is 0.744. The summed E-state index contributed by atoms with van der Waals surface area (Å²) >= 11 is 4.79. The van der Waals surface area contributed by atoms with Crippen molar-refractivity contribution in [3.63, 3.8) is 0 Å². The van der Waals surface area contributed by atoms with Gasteiger partial charge in [-0.15, -0.1) is 0 Å². The van der Waals surface area contributed by atoms with Crippen LogP contribution >= 0.6 is 12.2 Å². The van der Waals surface area contributed by atoms with Crippen LogP contribution in [0.25, 0.3) is 5.69 Å². The summed E-state index contributed by atoms with van der Waals surface area (Å²) in [5, 5.41) is 3.99. The molecule has 2 rings (SSSR count). The summed E-state index contributed by atoms with van der Waals surface area (Å²) in [5.41, 5.74) is 12.1. The predicted octanol–water partition coefficient (Wildman–Crippen LogP) is 0.000400. The standard InChI is InChI=1S/C10H9N5OS/c11-9(16)6-3-14-15(5-6)7-1-2-8(10(12)17)13-4-7/h1-5H,(H2,11,16)(H2,12,17). The fourth-order valence-electron chi connectivity index (χ4n) is 1.26. The lowest BCUT2D eigenvalue weighted by atomic mass is 10.3. The average Bonchev–Trinajstić information content (AvgIpc) is 2.78. The predicted molar refractivity (Wildman–Crippen MR) is 65.8 cm³/mol. The molecule has 2 aromatic heterocycles. The lowest BCUT2D eigenvalue weighted by molar-refractivity contribution is 0.100. The molecular weight excluding hydrogens is 238 g/mol. The highest BCUT2D eigenvalue weighted by Crippen LogP contribution is 2.07. The largest absolute Gasteiger partial charge is 0.388 e. The van der Waals surface area contributed by atoms with Crippen molar-refractivity contribution in [3.05, 3.63) is 42.0 Å². The van der Waals surface area contributed by atoms with Crippen molar-refractivity contribution < 1.29 is 4.79 Å². The minimum absolute atomic E-state index is 0.231. The van der Waals surface area contributed by atoms with E-state index in [1.807, 2.05) is 0 Å². The summed E-state index contributed by atoms with van der Waals surface area (Å²) in [6, 6.07) is 3.43. The van der Waals surface area contributed by atoms with Gasteiger partial charge >= 0.3 is 0 Å². The van der Waals surface area contributed by atoms with Crippen LogP contribution in [0.3, 0.4) is 0 Å². The van der Waals surface area contributed by atoms with Gasteiger partial charge in [0.15, 0.2) is 0 Å². The van der Waals surface area contributed by atoms with E-state index >= 15 is 0 Å². The Labute approximate surface area is 102 Å². The van der Waals surface area contributed by atoms with Crippen LogP contribution in [0.1, 0.15) is 16.1 Å². The fourth-order valence-corrected chi connectivity index (χ4v) is 1.38. The van der Waals surface area contributed by atoms with E-state index in [9.17, 15) is 4.79 Å². The molecule has 6 nitrogen and oxygen atoms in total. The molecule has 0 radical (unpaired) electrons. The van der Waals surface area contributed by atoms with Crippen LogP contribution in [-0.4, -0.2) is 25.7 Å². The van der Waals surface area contributed by atoms with Crippen LogP contribution in [0.5, 0.6) is 0 Å². The second kappa shape index (κ2) is 4.30. The van der Waals surface area contributed by atoms with Crippen molar-refractivity contribution in [2.75, 3.05) is 0 Å². The molecule has 0 bridgehead atoms. The molecule has 0 aliphatic heterocycles. The molecule has 0 spiro atoms. The molecule has 7 heteroatoms. The van der Waals surface area contributed by atoms with Crippen LogP contribution in [0.4, 0.5) is 0 Å². The van der Waals surface area contributed by atoms with Crippen molar-refractivity contribution in [1.29, 1.82) is 0 Å². The molecule has 0 saturated heterocycles. The number of carbonyl (C=O) groups excluding carboxylic acids is 1. The minimum Gasteiger partial charge on any atom is -0.388 e. The molecule has 4 N–H and O–H groups in total. The lowest BCUT2D eigenvalue weighted by Gasteiger charge is -2.01. The van der Waals surface area contributed by atoms with Gasteiger partial charge in [-0.05, 0) is 12.1 Å². The molecule has 0 fully saturated rings. The number of nitrogens with two attached hydrogens (primary N) is 2. The van der Waals surface area contributed by atoms with Gasteiger partial charge in [-0.3, -0.25) is 9.78 Å². The molecule has 0 saturated carbocycles. The molecule has 0 atom stereocenters. The SMILES string of the molecule is NC(=O)c1cnn(-c2ccc(C(N)=S)nc2)c1. The van der Waals surface area contributed by atoms with Gasteiger partial charge in [0.05, 0.1) is 29.3 Å². The highest BCUT2D eigenvalue weighted by molar-refractivity contribution is 7.80. The van der Waals surface area contributed by atoms with Crippen LogP contribution < -0.4 is 11.5 Å². The number of nitrogens with zero attached hydrogens (tertiary/aromatic N) is 3. The Bertz CT molecular complexity index is 575. The molecule has 86 valence electrons. The average molecular weight is 247 g/mol. The summed E-state index contributed by atoms with van der Waals surface area (Å²) in [7, 11) is 0. The molecule has 0 aliphatic rings. The monoisotopic (exact) mass is 247 g/mol. The Hall–Kier alpha value is -2.28. The van der Waals surface area contributed by atoms with Gasteiger partial charge in [0.1, 0.15) is 4.99 Å². The number of primary amides is 1. The first-order valence-corrected chi connectivity index (χ1v) is 5.09. The summed E-state index contributed by atoms with van der Waals surface area (Å²) in [6.07, 6.45) is 4.48. The van der Waals surface area contributed by atoms with Gasteiger partial charge in [-0.2, -0.15) is 5.10 Å². The van der Waals surface area contributed by atoms with E-state index < -0.39 is 5.91 Å². The van der Waals surface area contributed by atoms with Gasteiger partial charge in [0, 0.05) is 6.20 Å². The number of rotatable bonds is 3. The summed E-state index contributed by atoms with van der Waals surface area (Å²) in [5.74, 6) is -0.524. The van der Waals surface area contributed by atoms with Crippen molar-refractivity contribution in [2.24, 2.45) is 11.5 Å². The Balaban J connectivity index is 2.33. The van der Waals surface area contributed by atoms with E-state index in [4.69, 9.17) is 23.7 Å². The molecule has 17 heavy (non-hydrogen) atoms. The van der Waals surface area contributed by atoms with Gasteiger partial charge in [0.2, 0.25) is 0 Å². The summed E-state index contributed by atoms with van der Waals surface area (Å²) < 4.78 is 1.50. The van der Waals surface area contributed by atoms with Crippen LogP contribution in [0.15, 0.2) is 30.7 Å². The van der Waals surface area contributed by atoms with E-state index in [0.29, 0.717) is 16.9 Å². The number of hydrogen-bond acceptors (Lipinski definition) is 4. The number of carbonyl (C=O) groups is 1. The number of aromatic nitrogens is 3. The van der Waals surface area contributed by atoms with Gasteiger partial charge < -0.3 is 11.5 Å². The maximum absolute atomic E-state index is 10.9. The lowest BCUT2D eigenvalue weighted by Crippen LogP contribution is -2.11. The molecule has 2 aromatic rings. The third-order valence-electron chi connectivity index (χ3n) is 2.13. The third-order valence-corrected chi connectivity index (χ3v) is 2.34. The second-order valence-corrected chi connectivity index (χ2v) is 3.74. The number of pyridine rings is 1. The van der Waals surface area contributed by atoms with E-state index in [0.717, 1.165) is 0 Å². The topological polar surface area (TPSA) is 99.8 Å². The van der Waals surface area contributed by atoms with Crippen molar-refractivity contribution >= 4 is 23.1 Å². The maximum atomic E-state index is 10.9. The van der Waals surface area contributed by atoms with Crippen LogP contribution in [0, 0.1) is 0 Å². The molecule has 1 amide bonds. The fraction of sp³-hybridized carbons (Fsp3) is 0. The third kappa shape index (κ3) is 2.28. The zero-order valence-electron chi connectivity index (χ0n) is 8.70. The van der Waals surface area contributed by atoms with Crippen molar-refractivity contribution in [3.8, 4) is 5.69 Å². The van der Waals surface area contributed by atoms with Crippen molar-refractivity contribution in [2.45, 2.75) is 0 Å². The van der Waals surface area contributed by atoms with E-state index in [1.165, 1.54) is 17.1 Å². The Morgan fingerprint density at radius 2 is 2.06 bits per heavy atom. The maximum Gasteiger partial charge on any atom is 0.251 e. The van der Waals surface area contributed by atoms with Gasteiger partial charge in [-0.1, -0.05) is 12.2 Å². The second-order valence-electron chi connectivity index (χ2n) is 3.30. The number of hydrogen-bond donors (Lipinski definition) is 2. The van der Waals surface area contributed by atoms with E-state index in [-0.39, 0.29) is 4.99 Å². The first-order valence-electron chi connectivity index (χ1n) is 4.68. The normalized spacial score (nSPS) is 10.1. The van der Waals surface area contributed by atoms with Gasteiger partial charge in [0.25, 0.3) is 5.91 Å². The number of amides is 1. The Kier molecular flexibility index (Phi) is 2.84. The highest BCUT2D eigenvalue weighted by atomic mass is 32.1. The first-order chi connectivity index (χ1) is 8.08. The molecular formula is C10H9N5OS. The minimum atomic E-state index is -0.524. The van der Waals surface area contributed by atoms with Crippen molar-refractivity contribution in [1.82, 2.24) is 14.8 Å². The summed E-state index contributed by atoms with van der Waals surface area (Å²) in [4.78, 5) is 15.2.